The number of benzene rings is 1. The molecule has 4 nitrogen and oxygen atoms in total. The van der Waals surface area contributed by atoms with Gasteiger partial charge in [0, 0.05) is 17.0 Å². The van der Waals surface area contributed by atoms with E-state index in [-0.39, 0.29) is 5.41 Å². The molecule has 1 aromatic heterocycles. The molecule has 1 aliphatic heterocycles. The number of aryl methyl sites for hydroxylation is 1. The maximum Gasteiger partial charge on any atom is 0.223 e. The van der Waals surface area contributed by atoms with Crippen molar-refractivity contribution in [1.29, 1.82) is 0 Å². The van der Waals surface area contributed by atoms with E-state index >= 15 is 0 Å². The Morgan fingerprint density at radius 3 is 2.90 bits per heavy atom. The van der Waals surface area contributed by atoms with Gasteiger partial charge in [0.1, 0.15) is 22.4 Å². The molecule has 1 saturated carbocycles. The highest BCUT2D eigenvalue weighted by Crippen LogP contribution is 2.59. The number of hydrogen-bond donors (Lipinski definition) is 0. The van der Waals surface area contributed by atoms with Crippen LogP contribution in [0.25, 0.3) is 0 Å². The minimum atomic E-state index is 0.181. The number of ether oxygens (including phenoxy) is 2. The Balaban J connectivity index is 1.78. The summed E-state index contributed by atoms with van der Waals surface area (Å²) in [6, 6.07) is 5.81. The first kappa shape index (κ1) is 12.1. The second-order valence-electron chi connectivity index (χ2n) is 5.43. The lowest BCUT2D eigenvalue weighted by Crippen LogP contribution is -2.08. The van der Waals surface area contributed by atoms with E-state index < -0.39 is 0 Å². The zero-order valence-corrected chi connectivity index (χ0v) is 12.6. The molecule has 1 aliphatic carbocycles. The second-order valence-corrected chi connectivity index (χ2v) is 6.25. The monoisotopic (exact) mass is 332 g/mol. The lowest BCUT2D eigenvalue weighted by atomic mass is 9.95. The maximum atomic E-state index is 5.97. The van der Waals surface area contributed by atoms with Crippen molar-refractivity contribution in [3.8, 4) is 17.4 Å². The third-order valence-electron chi connectivity index (χ3n) is 4.02. The van der Waals surface area contributed by atoms with Crippen LogP contribution in [0.5, 0.6) is 17.4 Å². The maximum absolute atomic E-state index is 5.97. The first-order chi connectivity index (χ1) is 9.68. The van der Waals surface area contributed by atoms with Crippen molar-refractivity contribution in [3.63, 3.8) is 0 Å². The molecule has 0 radical (unpaired) electrons. The lowest BCUT2D eigenvalue weighted by molar-refractivity contribution is 0.322. The summed E-state index contributed by atoms with van der Waals surface area (Å²) < 4.78 is 12.6. The molecule has 0 N–H and O–H groups in total. The Kier molecular flexibility index (Phi) is 2.54. The van der Waals surface area contributed by atoms with Gasteiger partial charge < -0.3 is 9.47 Å². The third kappa shape index (κ3) is 1.80. The van der Waals surface area contributed by atoms with E-state index in [1.807, 2.05) is 12.1 Å². The van der Waals surface area contributed by atoms with Crippen LogP contribution in [0.4, 0.5) is 0 Å². The van der Waals surface area contributed by atoms with Gasteiger partial charge in [0.05, 0.1) is 6.61 Å². The van der Waals surface area contributed by atoms with Crippen LogP contribution >= 0.6 is 15.9 Å². The van der Waals surface area contributed by atoms with Crippen molar-refractivity contribution in [3.05, 3.63) is 40.3 Å². The SMILES string of the molecule is Cc1ccc(Oc2cc(Br)ncn2)c2c1OCC21CC1. The first-order valence-electron chi connectivity index (χ1n) is 6.60. The van der Waals surface area contributed by atoms with Crippen LogP contribution in [0.2, 0.25) is 0 Å². The molecule has 102 valence electrons. The fraction of sp³-hybridized carbons (Fsp3) is 0.333. The van der Waals surface area contributed by atoms with E-state index in [4.69, 9.17) is 9.47 Å². The summed E-state index contributed by atoms with van der Waals surface area (Å²) in [7, 11) is 0. The van der Waals surface area contributed by atoms with Crippen molar-refractivity contribution in [2.75, 3.05) is 6.61 Å². The molecule has 0 saturated heterocycles. The predicted molar refractivity (Wildman–Crippen MR) is 77.4 cm³/mol. The van der Waals surface area contributed by atoms with Gasteiger partial charge in [-0.25, -0.2) is 9.97 Å². The summed E-state index contributed by atoms with van der Waals surface area (Å²) in [5.74, 6) is 2.39. The Morgan fingerprint density at radius 2 is 2.15 bits per heavy atom. The number of hydrogen-bond acceptors (Lipinski definition) is 4. The van der Waals surface area contributed by atoms with Crippen molar-refractivity contribution < 1.29 is 9.47 Å². The molecule has 1 fully saturated rings. The molecule has 1 aromatic carbocycles. The molecule has 4 rings (SSSR count). The number of aromatic nitrogens is 2. The molecular weight excluding hydrogens is 320 g/mol. The van der Waals surface area contributed by atoms with Gasteiger partial charge in [0.2, 0.25) is 5.88 Å². The van der Waals surface area contributed by atoms with Crippen LogP contribution in [0.1, 0.15) is 24.0 Å². The molecule has 0 amide bonds. The van der Waals surface area contributed by atoms with Crippen molar-refractivity contribution >= 4 is 15.9 Å². The summed E-state index contributed by atoms with van der Waals surface area (Å²) in [5, 5.41) is 0. The Bertz CT molecular complexity index is 698. The van der Waals surface area contributed by atoms with Crippen LogP contribution in [-0.2, 0) is 5.41 Å². The smallest absolute Gasteiger partial charge is 0.223 e. The molecule has 20 heavy (non-hydrogen) atoms. The van der Waals surface area contributed by atoms with E-state index in [0.717, 1.165) is 18.1 Å². The summed E-state index contributed by atoms with van der Waals surface area (Å²) >= 11 is 3.33. The summed E-state index contributed by atoms with van der Waals surface area (Å²) in [6.07, 6.45) is 3.83. The van der Waals surface area contributed by atoms with Crippen molar-refractivity contribution in [1.82, 2.24) is 9.97 Å². The van der Waals surface area contributed by atoms with Gasteiger partial charge in [0.25, 0.3) is 0 Å². The highest BCUT2D eigenvalue weighted by molar-refractivity contribution is 9.10. The molecule has 2 aromatic rings. The normalized spacial score (nSPS) is 17.7. The zero-order chi connectivity index (χ0) is 13.7. The summed E-state index contributed by atoms with van der Waals surface area (Å²) in [5.41, 5.74) is 2.56. The molecule has 0 atom stereocenters. The molecular formula is C15H13BrN2O2. The third-order valence-corrected chi connectivity index (χ3v) is 4.45. The van der Waals surface area contributed by atoms with Crippen LogP contribution in [0, 0.1) is 6.92 Å². The molecule has 0 bridgehead atoms. The molecule has 0 unspecified atom stereocenters. The van der Waals surface area contributed by atoms with Crippen LogP contribution in [0.3, 0.4) is 0 Å². The topological polar surface area (TPSA) is 44.2 Å². The number of halogens is 1. The van der Waals surface area contributed by atoms with E-state index in [1.54, 1.807) is 6.07 Å². The number of nitrogens with zero attached hydrogens (tertiary/aromatic N) is 2. The van der Waals surface area contributed by atoms with Crippen LogP contribution in [0.15, 0.2) is 29.1 Å². The molecule has 5 heteroatoms. The highest BCUT2D eigenvalue weighted by atomic mass is 79.9. The molecule has 2 heterocycles. The van der Waals surface area contributed by atoms with Gasteiger partial charge in [-0.1, -0.05) is 6.07 Å². The summed E-state index contributed by atoms with van der Waals surface area (Å²) in [6.45, 7) is 2.85. The average molecular weight is 333 g/mol. The second kappa shape index (κ2) is 4.19. The summed E-state index contributed by atoms with van der Waals surface area (Å²) in [4.78, 5) is 8.16. The Morgan fingerprint density at radius 1 is 1.30 bits per heavy atom. The fourth-order valence-electron chi connectivity index (χ4n) is 2.76. The van der Waals surface area contributed by atoms with Crippen molar-refractivity contribution in [2.24, 2.45) is 0 Å². The standard InChI is InChI=1S/C15H13BrN2O2/c1-9-2-3-10(20-12-6-11(16)17-8-18-12)13-14(9)19-7-15(13)4-5-15/h2-3,6,8H,4-5,7H2,1H3. The minimum Gasteiger partial charge on any atom is -0.492 e. The molecule has 2 aliphatic rings. The lowest BCUT2D eigenvalue weighted by Gasteiger charge is -2.13. The van der Waals surface area contributed by atoms with Gasteiger partial charge in [0.15, 0.2) is 0 Å². The van der Waals surface area contributed by atoms with Gasteiger partial charge in [-0.05, 0) is 47.3 Å². The Labute approximate surface area is 125 Å². The van der Waals surface area contributed by atoms with E-state index in [0.29, 0.717) is 10.5 Å². The largest absolute Gasteiger partial charge is 0.492 e. The average Bonchev–Trinajstić information content (AvgIpc) is 3.08. The molecule has 1 spiro atoms. The van der Waals surface area contributed by atoms with Gasteiger partial charge in [-0.3, -0.25) is 0 Å². The Hall–Kier alpha value is -1.62. The van der Waals surface area contributed by atoms with Gasteiger partial charge >= 0.3 is 0 Å². The number of fused-ring (bicyclic) bond motifs is 2. The van der Waals surface area contributed by atoms with Crippen LogP contribution < -0.4 is 9.47 Å². The number of rotatable bonds is 2. The quantitative estimate of drug-likeness (QED) is 0.785. The minimum absolute atomic E-state index is 0.181. The predicted octanol–water partition coefficient (Wildman–Crippen LogP) is 3.76. The first-order valence-corrected chi connectivity index (χ1v) is 7.40. The van der Waals surface area contributed by atoms with E-state index in [1.165, 1.54) is 30.3 Å². The van der Waals surface area contributed by atoms with Crippen molar-refractivity contribution in [2.45, 2.75) is 25.2 Å². The van der Waals surface area contributed by atoms with Crippen LogP contribution in [-0.4, -0.2) is 16.6 Å². The highest BCUT2D eigenvalue weighted by Gasteiger charge is 2.53. The zero-order valence-electron chi connectivity index (χ0n) is 11.0. The van der Waals surface area contributed by atoms with E-state index in [9.17, 15) is 0 Å². The van der Waals surface area contributed by atoms with Gasteiger partial charge in [-0.15, -0.1) is 0 Å². The van der Waals surface area contributed by atoms with E-state index in [2.05, 4.69) is 32.8 Å². The van der Waals surface area contributed by atoms with Gasteiger partial charge in [-0.2, -0.15) is 0 Å². The fourth-order valence-corrected chi connectivity index (χ4v) is 3.04.